The van der Waals surface area contributed by atoms with Crippen molar-refractivity contribution in [3.05, 3.63) is 6.92 Å². The SMILES string of the molecule is [CH2]C(=O)[C@@H]([NH3+])CS. The van der Waals surface area contributed by atoms with E-state index in [0.717, 1.165) is 0 Å². The van der Waals surface area contributed by atoms with E-state index in [1.807, 2.05) is 0 Å². The van der Waals surface area contributed by atoms with Crippen molar-refractivity contribution in [1.82, 2.24) is 0 Å². The van der Waals surface area contributed by atoms with Crippen LogP contribution in [0.4, 0.5) is 0 Å². The molecule has 0 unspecified atom stereocenters. The lowest BCUT2D eigenvalue weighted by atomic mass is 10.3. The minimum atomic E-state index is -0.233. The van der Waals surface area contributed by atoms with Crippen LogP contribution in [0.15, 0.2) is 0 Å². The molecule has 0 bridgehead atoms. The van der Waals surface area contributed by atoms with Crippen LogP contribution in [0.3, 0.4) is 0 Å². The summed E-state index contributed by atoms with van der Waals surface area (Å²) >= 11 is 3.83. The number of carbonyl (C=O) groups excluding carboxylic acids is 1. The molecule has 0 aromatic rings. The second-order valence-electron chi connectivity index (χ2n) is 1.35. The monoisotopic (exact) mass is 119 g/mol. The summed E-state index contributed by atoms with van der Waals surface area (Å²) in [5, 5.41) is 0. The normalized spacial score (nSPS) is 13.6. The Morgan fingerprint density at radius 1 is 2.00 bits per heavy atom. The van der Waals surface area contributed by atoms with Crippen LogP contribution in [0.5, 0.6) is 0 Å². The molecule has 0 spiro atoms. The van der Waals surface area contributed by atoms with E-state index in [0.29, 0.717) is 5.75 Å². The van der Waals surface area contributed by atoms with Crippen molar-refractivity contribution in [3.8, 4) is 0 Å². The maximum atomic E-state index is 10.2. The Balaban J connectivity index is 3.34. The lowest BCUT2D eigenvalue weighted by molar-refractivity contribution is -0.394. The van der Waals surface area contributed by atoms with Crippen LogP contribution < -0.4 is 5.73 Å². The molecule has 0 aliphatic heterocycles. The maximum absolute atomic E-state index is 10.2. The highest BCUT2D eigenvalue weighted by molar-refractivity contribution is 7.80. The highest BCUT2D eigenvalue weighted by Gasteiger charge is 2.06. The highest BCUT2D eigenvalue weighted by atomic mass is 32.1. The summed E-state index contributed by atoms with van der Waals surface area (Å²) in [7, 11) is 0. The van der Waals surface area contributed by atoms with Crippen molar-refractivity contribution in [2.24, 2.45) is 0 Å². The number of Topliss-reactive ketones (excluding diaryl/α,β-unsaturated/α-hetero) is 1. The quantitative estimate of drug-likeness (QED) is 0.447. The molecule has 0 saturated carbocycles. The summed E-state index contributed by atoms with van der Waals surface area (Å²) in [6, 6.07) is -0.233. The van der Waals surface area contributed by atoms with E-state index >= 15 is 0 Å². The first-order valence-corrected chi connectivity index (χ1v) is 2.61. The van der Waals surface area contributed by atoms with Gasteiger partial charge in [-0.05, 0) is 0 Å². The summed E-state index contributed by atoms with van der Waals surface area (Å²) in [4.78, 5) is 10.2. The minimum Gasteiger partial charge on any atom is -0.348 e. The second-order valence-corrected chi connectivity index (χ2v) is 1.71. The fourth-order valence-corrected chi connectivity index (χ4v) is 0.305. The topological polar surface area (TPSA) is 44.7 Å². The van der Waals surface area contributed by atoms with E-state index < -0.39 is 0 Å². The molecule has 0 fully saturated rings. The van der Waals surface area contributed by atoms with Gasteiger partial charge in [0, 0.05) is 12.7 Å². The molecule has 3 N–H and O–H groups in total. The zero-order valence-corrected chi connectivity index (χ0v) is 4.95. The minimum absolute atomic E-state index is 0.144. The fraction of sp³-hybridized carbons (Fsp3) is 0.500. The third-order valence-corrected chi connectivity index (χ3v) is 1.12. The number of thiol groups is 1. The van der Waals surface area contributed by atoms with Crippen molar-refractivity contribution >= 4 is 18.4 Å². The first kappa shape index (κ1) is 6.98. The lowest BCUT2D eigenvalue weighted by Gasteiger charge is -1.94. The van der Waals surface area contributed by atoms with E-state index in [9.17, 15) is 4.79 Å². The summed E-state index contributed by atoms with van der Waals surface area (Å²) < 4.78 is 0. The van der Waals surface area contributed by atoms with Crippen LogP contribution in [0.25, 0.3) is 0 Å². The average molecular weight is 119 g/mol. The molecule has 0 rings (SSSR count). The van der Waals surface area contributed by atoms with Crippen molar-refractivity contribution in [1.29, 1.82) is 0 Å². The number of rotatable bonds is 2. The van der Waals surface area contributed by atoms with Gasteiger partial charge in [-0.15, -0.1) is 0 Å². The maximum Gasteiger partial charge on any atom is 0.191 e. The van der Waals surface area contributed by atoms with E-state index in [2.05, 4.69) is 25.3 Å². The molecule has 3 heteroatoms. The molecular formula is C4H9NOS+. The molecule has 1 atom stereocenters. The highest BCUT2D eigenvalue weighted by Crippen LogP contribution is 1.79. The van der Waals surface area contributed by atoms with Gasteiger partial charge in [0.1, 0.15) is 0 Å². The molecule has 0 aliphatic rings. The Morgan fingerprint density at radius 3 is 2.43 bits per heavy atom. The number of quaternary nitrogens is 1. The molecular weight excluding hydrogens is 110 g/mol. The smallest absolute Gasteiger partial charge is 0.191 e. The Morgan fingerprint density at radius 2 is 2.43 bits per heavy atom. The van der Waals surface area contributed by atoms with Gasteiger partial charge in [0.25, 0.3) is 0 Å². The molecule has 0 saturated heterocycles. The number of hydrogen-bond donors (Lipinski definition) is 2. The number of carbonyl (C=O) groups is 1. The summed E-state index contributed by atoms with van der Waals surface area (Å²) in [5.74, 6) is 0.345. The Hall–Kier alpha value is -0.0200. The number of ketones is 1. The molecule has 0 aliphatic carbocycles. The molecule has 1 radical (unpaired) electrons. The van der Waals surface area contributed by atoms with Gasteiger partial charge in [-0.1, -0.05) is 0 Å². The van der Waals surface area contributed by atoms with Crippen LogP contribution in [0.2, 0.25) is 0 Å². The first-order chi connectivity index (χ1) is 3.18. The fourth-order valence-electron chi connectivity index (χ4n) is 0.102. The van der Waals surface area contributed by atoms with Crippen LogP contribution in [-0.4, -0.2) is 17.6 Å². The van der Waals surface area contributed by atoms with Gasteiger partial charge < -0.3 is 5.73 Å². The van der Waals surface area contributed by atoms with Gasteiger partial charge in [0.2, 0.25) is 0 Å². The molecule has 0 aromatic carbocycles. The van der Waals surface area contributed by atoms with Gasteiger partial charge in [0.05, 0.1) is 0 Å². The van der Waals surface area contributed by atoms with E-state index in [1.54, 1.807) is 0 Å². The zero-order valence-electron chi connectivity index (χ0n) is 4.05. The van der Waals surface area contributed by atoms with Crippen LogP contribution >= 0.6 is 12.6 Å². The van der Waals surface area contributed by atoms with Crippen LogP contribution in [0.1, 0.15) is 0 Å². The van der Waals surface area contributed by atoms with Crippen LogP contribution in [0, 0.1) is 6.92 Å². The molecule has 0 amide bonds. The van der Waals surface area contributed by atoms with Crippen LogP contribution in [-0.2, 0) is 4.79 Å². The molecule has 2 nitrogen and oxygen atoms in total. The van der Waals surface area contributed by atoms with Crippen molar-refractivity contribution in [2.75, 3.05) is 5.75 Å². The van der Waals surface area contributed by atoms with E-state index in [1.165, 1.54) is 0 Å². The summed E-state index contributed by atoms with van der Waals surface area (Å²) in [6.07, 6.45) is 0. The zero-order chi connectivity index (χ0) is 5.86. The average Bonchev–Trinajstić information content (AvgIpc) is 1.65. The Bertz CT molecular complexity index is 74.1. The van der Waals surface area contributed by atoms with E-state index in [4.69, 9.17) is 0 Å². The van der Waals surface area contributed by atoms with Gasteiger partial charge >= 0.3 is 0 Å². The van der Waals surface area contributed by atoms with Gasteiger partial charge in [0.15, 0.2) is 11.8 Å². The molecule has 41 valence electrons. The predicted molar refractivity (Wildman–Crippen MR) is 30.9 cm³/mol. The molecule has 7 heavy (non-hydrogen) atoms. The summed E-state index contributed by atoms with van der Waals surface area (Å²) in [6.45, 7) is 3.16. The van der Waals surface area contributed by atoms with Crippen molar-refractivity contribution < 1.29 is 10.5 Å². The van der Waals surface area contributed by atoms with Gasteiger partial charge in [-0.25, -0.2) is 0 Å². The van der Waals surface area contributed by atoms with Gasteiger partial charge in [-0.3, -0.25) is 4.79 Å². The third-order valence-electron chi connectivity index (χ3n) is 0.676. The molecule has 0 heterocycles. The number of hydrogen-bond acceptors (Lipinski definition) is 2. The Kier molecular flexibility index (Phi) is 3.04. The standard InChI is InChI=1S/C4H8NOS/c1-3(6)4(5)2-7/h4,7H,1-2,5H2/p+1/t4-/m0/s1. The van der Waals surface area contributed by atoms with E-state index in [-0.39, 0.29) is 11.8 Å². The second kappa shape index (κ2) is 3.04. The predicted octanol–water partition coefficient (Wildman–Crippen LogP) is -1.07. The van der Waals surface area contributed by atoms with Crippen molar-refractivity contribution in [3.63, 3.8) is 0 Å². The Labute approximate surface area is 48.5 Å². The first-order valence-electron chi connectivity index (χ1n) is 1.98. The lowest BCUT2D eigenvalue weighted by Crippen LogP contribution is -2.65. The molecule has 0 aromatic heterocycles. The largest absolute Gasteiger partial charge is 0.348 e. The summed E-state index contributed by atoms with van der Waals surface area (Å²) in [5.41, 5.74) is 3.47. The van der Waals surface area contributed by atoms with Crippen molar-refractivity contribution in [2.45, 2.75) is 6.04 Å². The third kappa shape index (κ3) is 2.65. The van der Waals surface area contributed by atoms with Gasteiger partial charge in [-0.2, -0.15) is 12.6 Å².